The predicted octanol–water partition coefficient (Wildman–Crippen LogP) is 4.39. The summed E-state index contributed by atoms with van der Waals surface area (Å²) < 4.78 is 5.99. The number of nitrogens with zero attached hydrogens (tertiary/aromatic N) is 1. The van der Waals surface area contributed by atoms with E-state index in [9.17, 15) is 0 Å². The van der Waals surface area contributed by atoms with Crippen LogP contribution in [-0.4, -0.2) is 11.5 Å². The molecular formula is C18H24N2O. The lowest BCUT2D eigenvalue weighted by atomic mass is 9.86. The molecule has 1 aromatic heterocycles. The van der Waals surface area contributed by atoms with Crippen molar-refractivity contribution in [3.8, 4) is 5.75 Å². The number of pyridine rings is 1. The lowest BCUT2D eigenvalue weighted by Crippen LogP contribution is -2.13. The highest BCUT2D eigenvalue weighted by Gasteiger charge is 2.18. The van der Waals surface area contributed by atoms with Crippen molar-refractivity contribution < 1.29 is 4.74 Å². The molecule has 1 aromatic carbocycles. The molecule has 112 valence electrons. The summed E-state index contributed by atoms with van der Waals surface area (Å²) >= 11 is 0. The topological polar surface area (TPSA) is 34.1 Å². The number of rotatable bonds is 5. The molecule has 0 aliphatic carbocycles. The zero-order valence-electron chi connectivity index (χ0n) is 13.3. The van der Waals surface area contributed by atoms with Crippen LogP contribution in [0.15, 0.2) is 42.6 Å². The fourth-order valence-electron chi connectivity index (χ4n) is 2.17. The van der Waals surface area contributed by atoms with Crippen molar-refractivity contribution >= 4 is 5.82 Å². The Morgan fingerprint density at radius 1 is 1.10 bits per heavy atom. The van der Waals surface area contributed by atoms with Crippen LogP contribution in [0, 0.1) is 0 Å². The summed E-state index contributed by atoms with van der Waals surface area (Å²) in [5.41, 5.74) is 2.37. The fraction of sp³-hybridized carbons (Fsp3) is 0.389. The first-order valence-corrected chi connectivity index (χ1v) is 7.42. The first-order valence-electron chi connectivity index (χ1n) is 7.42. The van der Waals surface area contributed by atoms with Gasteiger partial charge in [-0.25, -0.2) is 4.98 Å². The summed E-state index contributed by atoms with van der Waals surface area (Å²) in [7, 11) is 0. The van der Waals surface area contributed by atoms with Crippen LogP contribution in [0.2, 0.25) is 0 Å². The minimum absolute atomic E-state index is 0.0732. The van der Waals surface area contributed by atoms with Gasteiger partial charge in [0.05, 0.1) is 0 Å². The van der Waals surface area contributed by atoms with Crippen molar-refractivity contribution in [2.75, 3.05) is 11.9 Å². The standard InChI is InChI=1S/C18H24N2O/c1-5-19-17-11-10-14(12-20-17)13-21-16-9-7-6-8-15(16)18(2,3)4/h6-12H,5,13H2,1-4H3,(H,19,20). The maximum Gasteiger partial charge on any atom is 0.125 e. The monoisotopic (exact) mass is 284 g/mol. The minimum Gasteiger partial charge on any atom is -0.489 e. The number of nitrogens with one attached hydrogen (secondary N) is 1. The van der Waals surface area contributed by atoms with Crippen LogP contribution in [0.4, 0.5) is 5.82 Å². The number of aromatic nitrogens is 1. The van der Waals surface area contributed by atoms with Gasteiger partial charge in [0, 0.05) is 18.3 Å². The molecule has 3 heteroatoms. The van der Waals surface area contributed by atoms with Crippen molar-refractivity contribution in [1.82, 2.24) is 4.98 Å². The molecule has 0 atom stereocenters. The van der Waals surface area contributed by atoms with Crippen LogP contribution in [0.5, 0.6) is 5.75 Å². The molecule has 0 aliphatic rings. The lowest BCUT2D eigenvalue weighted by Gasteiger charge is -2.22. The average molecular weight is 284 g/mol. The fourth-order valence-corrected chi connectivity index (χ4v) is 2.17. The van der Waals surface area contributed by atoms with Crippen molar-refractivity contribution in [2.45, 2.75) is 39.7 Å². The molecule has 0 saturated carbocycles. The second-order valence-electron chi connectivity index (χ2n) is 6.12. The highest BCUT2D eigenvalue weighted by atomic mass is 16.5. The Balaban J connectivity index is 2.06. The van der Waals surface area contributed by atoms with E-state index < -0.39 is 0 Å². The summed E-state index contributed by atoms with van der Waals surface area (Å²) in [5, 5.41) is 3.19. The van der Waals surface area contributed by atoms with E-state index in [0.717, 1.165) is 23.7 Å². The molecule has 0 aliphatic heterocycles. The molecule has 0 bridgehead atoms. The molecule has 2 rings (SSSR count). The van der Waals surface area contributed by atoms with E-state index in [1.807, 2.05) is 30.5 Å². The molecular weight excluding hydrogens is 260 g/mol. The molecule has 1 heterocycles. The lowest BCUT2D eigenvalue weighted by molar-refractivity contribution is 0.297. The zero-order valence-corrected chi connectivity index (χ0v) is 13.3. The number of benzene rings is 1. The number of ether oxygens (including phenoxy) is 1. The van der Waals surface area contributed by atoms with Crippen LogP contribution in [0.1, 0.15) is 38.8 Å². The Labute approximate surface area is 127 Å². The number of anilines is 1. The van der Waals surface area contributed by atoms with Gasteiger partial charge in [0.2, 0.25) is 0 Å². The van der Waals surface area contributed by atoms with Crippen LogP contribution in [-0.2, 0) is 12.0 Å². The highest BCUT2D eigenvalue weighted by molar-refractivity contribution is 5.39. The molecule has 0 fully saturated rings. The molecule has 21 heavy (non-hydrogen) atoms. The number of hydrogen-bond acceptors (Lipinski definition) is 3. The summed E-state index contributed by atoms with van der Waals surface area (Å²) in [6, 6.07) is 12.3. The van der Waals surface area contributed by atoms with Gasteiger partial charge in [0.15, 0.2) is 0 Å². The van der Waals surface area contributed by atoms with Crippen molar-refractivity contribution in [3.05, 3.63) is 53.7 Å². The first kappa shape index (κ1) is 15.4. The van der Waals surface area contributed by atoms with Gasteiger partial charge in [-0.15, -0.1) is 0 Å². The highest BCUT2D eigenvalue weighted by Crippen LogP contribution is 2.31. The van der Waals surface area contributed by atoms with E-state index in [2.05, 4.69) is 50.1 Å². The second kappa shape index (κ2) is 6.61. The summed E-state index contributed by atoms with van der Waals surface area (Å²) in [6.45, 7) is 10.1. The molecule has 0 saturated heterocycles. The Kier molecular flexibility index (Phi) is 4.84. The van der Waals surface area contributed by atoms with Crippen molar-refractivity contribution in [1.29, 1.82) is 0 Å². The minimum atomic E-state index is 0.0732. The summed E-state index contributed by atoms with van der Waals surface area (Å²) in [4.78, 5) is 4.36. The van der Waals surface area contributed by atoms with E-state index in [0.29, 0.717) is 6.61 Å². The van der Waals surface area contributed by atoms with Crippen molar-refractivity contribution in [3.63, 3.8) is 0 Å². The van der Waals surface area contributed by atoms with Gasteiger partial charge >= 0.3 is 0 Å². The first-order chi connectivity index (χ1) is 10.0. The summed E-state index contributed by atoms with van der Waals surface area (Å²) in [5.74, 6) is 1.84. The molecule has 0 radical (unpaired) electrons. The SMILES string of the molecule is CCNc1ccc(COc2ccccc2C(C)(C)C)cn1. The van der Waals surface area contributed by atoms with Gasteiger partial charge in [-0.1, -0.05) is 45.0 Å². The van der Waals surface area contributed by atoms with Gasteiger partial charge in [0.25, 0.3) is 0 Å². The second-order valence-corrected chi connectivity index (χ2v) is 6.12. The van der Waals surface area contributed by atoms with Gasteiger partial charge in [-0.05, 0) is 30.0 Å². The molecule has 3 nitrogen and oxygen atoms in total. The maximum atomic E-state index is 5.99. The largest absolute Gasteiger partial charge is 0.489 e. The maximum absolute atomic E-state index is 5.99. The Bertz CT molecular complexity index is 571. The van der Waals surface area contributed by atoms with Crippen LogP contribution in [0.25, 0.3) is 0 Å². The molecule has 1 N–H and O–H groups in total. The number of hydrogen-bond donors (Lipinski definition) is 1. The predicted molar refractivity (Wildman–Crippen MR) is 87.9 cm³/mol. The zero-order chi connectivity index (χ0) is 15.3. The van der Waals surface area contributed by atoms with Crippen molar-refractivity contribution in [2.24, 2.45) is 0 Å². The van der Waals surface area contributed by atoms with E-state index in [4.69, 9.17) is 4.74 Å². The third-order valence-corrected chi connectivity index (χ3v) is 3.27. The molecule has 0 spiro atoms. The van der Waals surface area contributed by atoms with E-state index in [-0.39, 0.29) is 5.41 Å². The smallest absolute Gasteiger partial charge is 0.125 e. The molecule has 0 unspecified atom stereocenters. The Hall–Kier alpha value is -2.03. The normalized spacial score (nSPS) is 11.2. The third kappa shape index (κ3) is 4.22. The van der Waals surface area contributed by atoms with E-state index >= 15 is 0 Å². The molecule has 0 amide bonds. The molecule has 2 aromatic rings. The van der Waals surface area contributed by atoms with Crippen LogP contribution in [0.3, 0.4) is 0 Å². The van der Waals surface area contributed by atoms with Gasteiger partial charge in [0.1, 0.15) is 18.2 Å². The number of para-hydroxylation sites is 1. The summed E-state index contributed by atoms with van der Waals surface area (Å²) in [6.07, 6.45) is 1.86. The van der Waals surface area contributed by atoms with E-state index in [1.54, 1.807) is 0 Å². The average Bonchev–Trinajstić information content (AvgIpc) is 2.46. The third-order valence-electron chi connectivity index (χ3n) is 3.27. The quantitative estimate of drug-likeness (QED) is 0.884. The Morgan fingerprint density at radius 3 is 2.48 bits per heavy atom. The van der Waals surface area contributed by atoms with Crippen LogP contribution >= 0.6 is 0 Å². The van der Waals surface area contributed by atoms with Gasteiger partial charge in [-0.2, -0.15) is 0 Å². The van der Waals surface area contributed by atoms with Gasteiger partial charge in [-0.3, -0.25) is 0 Å². The van der Waals surface area contributed by atoms with Crippen LogP contribution < -0.4 is 10.1 Å². The van der Waals surface area contributed by atoms with Gasteiger partial charge < -0.3 is 10.1 Å². The van der Waals surface area contributed by atoms with E-state index in [1.165, 1.54) is 5.56 Å². The Morgan fingerprint density at radius 2 is 1.86 bits per heavy atom.